The van der Waals surface area contributed by atoms with Crippen LogP contribution in [0.3, 0.4) is 0 Å². The fourth-order valence-corrected chi connectivity index (χ4v) is 2.29. The van der Waals surface area contributed by atoms with Crippen molar-refractivity contribution in [1.82, 2.24) is 9.80 Å². The van der Waals surface area contributed by atoms with Gasteiger partial charge in [0.05, 0.1) is 13.0 Å². The molecule has 0 aromatic carbocycles. The number of carbonyl (C=O) groups excluding carboxylic acids is 1. The van der Waals surface area contributed by atoms with Gasteiger partial charge in [-0.3, -0.25) is 4.79 Å². The standard InChI is InChI=1S/C13H26N2O2/c1-4-17-10-8-13(16)15(3)11-12-7-5-6-9-14(12)2/h12H,4-11H2,1-3H3. The van der Waals surface area contributed by atoms with Crippen LogP contribution in [0.5, 0.6) is 0 Å². The molecule has 1 aliphatic heterocycles. The number of rotatable bonds is 6. The second-order valence-electron chi connectivity index (χ2n) is 4.85. The zero-order valence-electron chi connectivity index (χ0n) is 11.4. The molecule has 0 radical (unpaired) electrons. The Bertz CT molecular complexity index is 233. The van der Waals surface area contributed by atoms with E-state index in [0.717, 1.165) is 13.1 Å². The number of likely N-dealkylation sites (tertiary alicyclic amines) is 1. The summed E-state index contributed by atoms with van der Waals surface area (Å²) in [4.78, 5) is 16.0. The van der Waals surface area contributed by atoms with Gasteiger partial charge in [-0.05, 0) is 33.4 Å². The summed E-state index contributed by atoms with van der Waals surface area (Å²) in [5, 5.41) is 0. The fourth-order valence-electron chi connectivity index (χ4n) is 2.29. The molecule has 4 heteroatoms. The Labute approximate surface area is 105 Å². The van der Waals surface area contributed by atoms with E-state index in [-0.39, 0.29) is 5.91 Å². The van der Waals surface area contributed by atoms with Crippen molar-refractivity contribution >= 4 is 5.91 Å². The highest BCUT2D eigenvalue weighted by Gasteiger charge is 2.21. The molecule has 0 aromatic heterocycles. The van der Waals surface area contributed by atoms with Gasteiger partial charge in [0.1, 0.15) is 0 Å². The average Bonchev–Trinajstić information content (AvgIpc) is 2.32. The molecule has 1 saturated heterocycles. The van der Waals surface area contributed by atoms with Gasteiger partial charge in [0.25, 0.3) is 0 Å². The van der Waals surface area contributed by atoms with E-state index in [1.54, 1.807) is 0 Å². The van der Waals surface area contributed by atoms with Crippen molar-refractivity contribution in [2.24, 2.45) is 0 Å². The second kappa shape index (κ2) is 7.67. The first kappa shape index (κ1) is 14.5. The Balaban J connectivity index is 2.26. The molecule has 1 rings (SSSR count). The van der Waals surface area contributed by atoms with Crippen molar-refractivity contribution in [3.05, 3.63) is 0 Å². The average molecular weight is 242 g/mol. The molecule has 1 atom stereocenters. The number of piperidine rings is 1. The van der Waals surface area contributed by atoms with Crippen LogP contribution in [0, 0.1) is 0 Å². The predicted octanol–water partition coefficient (Wildman–Crippen LogP) is 1.36. The smallest absolute Gasteiger partial charge is 0.224 e. The van der Waals surface area contributed by atoms with Crippen LogP contribution in [0.4, 0.5) is 0 Å². The van der Waals surface area contributed by atoms with Crippen LogP contribution in [0.1, 0.15) is 32.6 Å². The van der Waals surface area contributed by atoms with Gasteiger partial charge in [0, 0.05) is 26.2 Å². The summed E-state index contributed by atoms with van der Waals surface area (Å²) < 4.78 is 5.21. The zero-order chi connectivity index (χ0) is 12.7. The van der Waals surface area contributed by atoms with Crippen molar-refractivity contribution < 1.29 is 9.53 Å². The van der Waals surface area contributed by atoms with Crippen LogP contribution in [0.2, 0.25) is 0 Å². The maximum Gasteiger partial charge on any atom is 0.224 e. The SMILES string of the molecule is CCOCCC(=O)N(C)CC1CCCCN1C. The van der Waals surface area contributed by atoms with Gasteiger partial charge in [0.15, 0.2) is 0 Å². The van der Waals surface area contributed by atoms with E-state index in [1.807, 2.05) is 18.9 Å². The highest BCUT2D eigenvalue weighted by atomic mass is 16.5. The van der Waals surface area contributed by atoms with Crippen molar-refractivity contribution in [3.8, 4) is 0 Å². The number of hydrogen-bond acceptors (Lipinski definition) is 3. The normalized spacial score (nSPS) is 21.5. The summed E-state index contributed by atoms with van der Waals surface area (Å²) in [5.74, 6) is 0.192. The summed E-state index contributed by atoms with van der Waals surface area (Å²) in [6.07, 6.45) is 4.28. The van der Waals surface area contributed by atoms with Gasteiger partial charge in [-0.1, -0.05) is 6.42 Å². The molecule has 0 N–H and O–H groups in total. The number of hydrogen-bond donors (Lipinski definition) is 0. The number of ether oxygens (including phenoxy) is 1. The summed E-state index contributed by atoms with van der Waals surface area (Å²) in [6, 6.07) is 0.532. The minimum atomic E-state index is 0.192. The minimum Gasteiger partial charge on any atom is -0.381 e. The maximum atomic E-state index is 11.8. The molecule has 0 bridgehead atoms. The molecule has 0 spiro atoms. The molecule has 1 amide bonds. The lowest BCUT2D eigenvalue weighted by atomic mass is 10.0. The molecule has 100 valence electrons. The van der Waals surface area contributed by atoms with E-state index < -0.39 is 0 Å². The number of amides is 1. The molecule has 1 fully saturated rings. The van der Waals surface area contributed by atoms with E-state index in [2.05, 4.69) is 11.9 Å². The van der Waals surface area contributed by atoms with Crippen molar-refractivity contribution in [2.75, 3.05) is 40.4 Å². The van der Waals surface area contributed by atoms with Gasteiger partial charge in [-0.15, -0.1) is 0 Å². The van der Waals surface area contributed by atoms with Gasteiger partial charge in [-0.25, -0.2) is 0 Å². The summed E-state index contributed by atoms with van der Waals surface area (Å²) in [7, 11) is 4.05. The molecule has 1 unspecified atom stereocenters. The lowest BCUT2D eigenvalue weighted by Gasteiger charge is -2.35. The first-order chi connectivity index (χ1) is 8.15. The highest BCUT2D eigenvalue weighted by Crippen LogP contribution is 2.15. The van der Waals surface area contributed by atoms with Crippen LogP contribution in [0.25, 0.3) is 0 Å². The van der Waals surface area contributed by atoms with Crippen molar-refractivity contribution in [2.45, 2.75) is 38.6 Å². The summed E-state index contributed by atoms with van der Waals surface area (Å²) in [6.45, 7) is 5.18. The number of carbonyl (C=O) groups is 1. The molecule has 1 aliphatic rings. The molecule has 17 heavy (non-hydrogen) atoms. The maximum absolute atomic E-state index is 11.8. The van der Waals surface area contributed by atoms with E-state index >= 15 is 0 Å². The Kier molecular flexibility index (Phi) is 6.52. The lowest BCUT2D eigenvalue weighted by molar-refractivity contribution is -0.131. The third kappa shape index (κ3) is 5.04. The van der Waals surface area contributed by atoms with Gasteiger partial charge in [0.2, 0.25) is 5.91 Å². The molecular weight excluding hydrogens is 216 g/mol. The molecule has 1 heterocycles. The third-order valence-electron chi connectivity index (χ3n) is 3.50. The Morgan fingerprint density at radius 1 is 1.47 bits per heavy atom. The summed E-state index contributed by atoms with van der Waals surface area (Å²) in [5.41, 5.74) is 0. The van der Waals surface area contributed by atoms with Crippen LogP contribution in [-0.2, 0) is 9.53 Å². The first-order valence-corrected chi connectivity index (χ1v) is 6.67. The molecule has 0 aromatic rings. The molecule has 4 nitrogen and oxygen atoms in total. The molecule has 0 saturated carbocycles. The van der Waals surface area contributed by atoms with E-state index in [9.17, 15) is 4.79 Å². The number of nitrogens with zero attached hydrogens (tertiary/aromatic N) is 2. The Morgan fingerprint density at radius 3 is 2.88 bits per heavy atom. The van der Waals surface area contributed by atoms with Crippen LogP contribution < -0.4 is 0 Å². The lowest BCUT2D eigenvalue weighted by Crippen LogP contribution is -2.45. The zero-order valence-corrected chi connectivity index (χ0v) is 11.4. The Hall–Kier alpha value is -0.610. The number of likely N-dealkylation sites (N-methyl/N-ethyl adjacent to an activating group) is 2. The van der Waals surface area contributed by atoms with Crippen molar-refractivity contribution in [1.29, 1.82) is 0 Å². The van der Waals surface area contributed by atoms with E-state index in [0.29, 0.717) is 25.7 Å². The summed E-state index contributed by atoms with van der Waals surface area (Å²) >= 11 is 0. The van der Waals surface area contributed by atoms with Gasteiger partial charge in [-0.2, -0.15) is 0 Å². The van der Waals surface area contributed by atoms with Crippen LogP contribution in [-0.4, -0.2) is 62.1 Å². The quantitative estimate of drug-likeness (QED) is 0.659. The highest BCUT2D eigenvalue weighted by molar-refractivity contribution is 5.75. The van der Waals surface area contributed by atoms with Gasteiger partial charge < -0.3 is 14.5 Å². The second-order valence-corrected chi connectivity index (χ2v) is 4.85. The predicted molar refractivity (Wildman–Crippen MR) is 69.0 cm³/mol. The van der Waals surface area contributed by atoms with Crippen LogP contribution >= 0.6 is 0 Å². The minimum absolute atomic E-state index is 0.192. The Morgan fingerprint density at radius 2 is 2.24 bits per heavy atom. The molecule has 0 aliphatic carbocycles. The van der Waals surface area contributed by atoms with E-state index in [1.165, 1.54) is 19.3 Å². The monoisotopic (exact) mass is 242 g/mol. The molecular formula is C13H26N2O2. The van der Waals surface area contributed by atoms with Gasteiger partial charge >= 0.3 is 0 Å². The largest absolute Gasteiger partial charge is 0.381 e. The van der Waals surface area contributed by atoms with E-state index in [4.69, 9.17) is 4.74 Å². The topological polar surface area (TPSA) is 32.8 Å². The fraction of sp³-hybridized carbons (Fsp3) is 0.923. The van der Waals surface area contributed by atoms with Crippen molar-refractivity contribution in [3.63, 3.8) is 0 Å². The first-order valence-electron chi connectivity index (χ1n) is 6.67. The third-order valence-corrected chi connectivity index (χ3v) is 3.50. The van der Waals surface area contributed by atoms with Crippen LogP contribution in [0.15, 0.2) is 0 Å².